The molecule has 6 heteroatoms. The Bertz CT molecular complexity index is 1330. The Hall–Kier alpha value is -3.55. The number of hydrogen-bond donors (Lipinski definition) is 0. The molecular formula is C33H32O5S. The number of hydrogen-bond acceptors (Lipinski definition) is 5. The van der Waals surface area contributed by atoms with E-state index in [0.717, 1.165) is 16.7 Å². The molecular weight excluding hydrogens is 508 g/mol. The molecule has 4 aromatic rings. The minimum atomic E-state index is -1.49. The van der Waals surface area contributed by atoms with Crippen LogP contribution in [0, 0.1) is 0 Å². The van der Waals surface area contributed by atoms with Gasteiger partial charge in [-0.15, -0.1) is 0 Å². The van der Waals surface area contributed by atoms with Crippen LogP contribution >= 0.6 is 0 Å². The molecule has 0 unspecified atom stereocenters. The van der Waals surface area contributed by atoms with Crippen molar-refractivity contribution in [2.45, 2.75) is 43.0 Å². The molecule has 0 bridgehead atoms. The molecule has 0 radical (unpaired) electrons. The van der Waals surface area contributed by atoms with Crippen molar-refractivity contribution in [3.05, 3.63) is 149 Å². The first-order chi connectivity index (χ1) is 19.3. The summed E-state index contributed by atoms with van der Waals surface area (Å²) < 4.78 is 39.0. The largest absolute Gasteiger partial charge is 0.492 e. The van der Waals surface area contributed by atoms with Crippen molar-refractivity contribution in [1.29, 1.82) is 0 Å². The van der Waals surface area contributed by atoms with Crippen LogP contribution in [0.3, 0.4) is 0 Å². The quantitative estimate of drug-likeness (QED) is 0.208. The Morgan fingerprint density at radius 3 is 1.67 bits per heavy atom. The van der Waals surface area contributed by atoms with Gasteiger partial charge in [0.2, 0.25) is 0 Å². The summed E-state index contributed by atoms with van der Waals surface area (Å²) in [6, 6.07) is 39.3. The van der Waals surface area contributed by atoms with Gasteiger partial charge in [-0.05, 0) is 28.8 Å². The van der Waals surface area contributed by atoms with Crippen LogP contribution in [0.1, 0.15) is 16.7 Å². The van der Waals surface area contributed by atoms with Gasteiger partial charge >= 0.3 is 0 Å². The maximum Gasteiger partial charge on any atom is 0.150 e. The van der Waals surface area contributed by atoms with Gasteiger partial charge in [0, 0.05) is 4.90 Å². The Morgan fingerprint density at radius 2 is 1.10 bits per heavy atom. The highest BCUT2D eigenvalue weighted by Crippen LogP contribution is 2.31. The maximum absolute atomic E-state index is 13.7. The Balaban J connectivity index is 1.40. The average molecular weight is 541 g/mol. The van der Waals surface area contributed by atoms with Gasteiger partial charge in [0.25, 0.3) is 0 Å². The zero-order chi connectivity index (χ0) is 26.7. The summed E-state index contributed by atoms with van der Waals surface area (Å²) in [4.78, 5) is 1.22. The van der Waals surface area contributed by atoms with E-state index < -0.39 is 29.1 Å². The molecule has 5 nitrogen and oxygen atoms in total. The van der Waals surface area contributed by atoms with Crippen molar-refractivity contribution < 1.29 is 23.2 Å². The molecule has 1 aliphatic rings. The summed E-state index contributed by atoms with van der Waals surface area (Å²) in [5.74, 6) is 0. The maximum atomic E-state index is 13.7. The van der Waals surface area contributed by atoms with Gasteiger partial charge in [0.15, 0.2) is 6.10 Å². The molecule has 0 fully saturated rings. The molecule has 0 amide bonds. The van der Waals surface area contributed by atoms with E-state index in [4.69, 9.17) is 18.9 Å². The van der Waals surface area contributed by atoms with Gasteiger partial charge in [0.05, 0.1) is 48.4 Å². The highest BCUT2D eigenvalue weighted by atomic mass is 32.2. The van der Waals surface area contributed by atoms with E-state index in [2.05, 4.69) is 0 Å². The fraction of sp³-hybridized carbons (Fsp3) is 0.212. The van der Waals surface area contributed by atoms with Crippen LogP contribution in [0.4, 0.5) is 0 Å². The van der Waals surface area contributed by atoms with E-state index in [-0.39, 0.29) is 0 Å². The Labute approximate surface area is 232 Å². The Kier molecular flexibility index (Phi) is 9.71. The molecule has 0 spiro atoms. The lowest BCUT2D eigenvalue weighted by Gasteiger charge is -2.37. The fourth-order valence-corrected chi connectivity index (χ4v) is 5.62. The van der Waals surface area contributed by atoms with E-state index in [1.165, 1.54) is 0 Å². The molecule has 4 aromatic carbocycles. The third-order valence-corrected chi connectivity index (χ3v) is 7.88. The van der Waals surface area contributed by atoms with E-state index in [1.54, 1.807) is 6.26 Å². The Morgan fingerprint density at radius 1 is 0.615 bits per heavy atom. The van der Waals surface area contributed by atoms with Gasteiger partial charge in [-0.25, -0.2) is 4.21 Å². The van der Waals surface area contributed by atoms with E-state index in [9.17, 15) is 4.21 Å². The third kappa shape index (κ3) is 7.52. The predicted octanol–water partition coefficient (Wildman–Crippen LogP) is 6.42. The van der Waals surface area contributed by atoms with Gasteiger partial charge in [-0.3, -0.25) is 0 Å². The summed E-state index contributed by atoms with van der Waals surface area (Å²) in [7, 11) is -1.49. The van der Waals surface area contributed by atoms with E-state index >= 15 is 0 Å². The summed E-state index contributed by atoms with van der Waals surface area (Å²) in [5, 5.41) is 0. The number of ether oxygens (including phenoxy) is 4. The summed E-state index contributed by atoms with van der Waals surface area (Å²) in [6.07, 6.45) is -0.0152. The molecule has 1 heterocycles. The van der Waals surface area contributed by atoms with Gasteiger partial charge in [-0.2, -0.15) is 0 Å². The smallest absolute Gasteiger partial charge is 0.150 e. The van der Waals surface area contributed by atoms with Gasteiger partial charge in [0.1, 0.15) is 12.2 Å². The first kappa shape index (κ1) is 27.0. The average Bonchev–Trinajstić information content (AvgIpc) is 3.01. The molecule has 0 aliphatic carbocycles. The molecule has 200 valence electrons. The second kappa shape index (κ2) is 14.0. The molecule has 0 N–H and O–H groups in total. The fourth-order valence-electron chi connectivity index (χ4n) is 4.39. The van der Waals surface area contributed by atoms with Crippen LogP contribution in [0.25, 0.3) is 0 Å². The first-order valence-corrected chi connectivity index (χ1v) is 14.2. The SMILES string of the molecule is O=[S@](C1=CO[C@H](COCc2ccccc2)[C@H](OCc2ccccc2)[C@@H]1OCc1ccccc1)c1ccccc1. The van der Waals surface area contributed by atoms with Crippen LogP contribution in [0.2, 0.25) is 0 Å². The molecule has 0 saturated heterocycles. The second-order valence-corrected chi connectivity index (χ2v) is 10.7. The molecule has 0 saturated carbocycles. The van der Waals surface area contributed by atoms with Crippen LogP contribution < -0.4 is 0 Å². The minimum Gasteiger partial charge on any atom is -0.492 e. The van der Waals surface area contributed by atoms with E-state index in [0.29, 0.717) is 36.2 Å². The van der Waals surface area contributed by atoms with Gasteiger partial charge in [-0.1, -0.05) is 109 Å². The van der Waals surface area contributed by atoms with Crippen molar-refractivity contribution in [3.63, 3.8) is 0 Å². The third-order valence-electron chi connectivity index (χ3n) is 6.43. The summed E-state index contributed by atoms with van der Waals surface area (Å²) >= 11 is 0. The normalized spacial score (nSPS) is 19.6. The molecule has 1 aliphatic heterocycles. The van der Waals surface area contributed by atoms with E-state index in [1.807, 2.05) is 121 Å². The zero-order valence-electron chi connectivity index (χ0n) is 21.6. The first-order valence-electron chi connectivity index (χ1n) is 13.0. The molecule has 4 atom stereocenters. The highest BCUT2D eigenvalue weighted by Gasteiger charge is 2.41. The molecule has 0 aromatic heterocycles. The van der Waals surface area contributed by atoms with Crippen LogP contribution in [-0.2, 0) is 49.6 Å². The monoisotopic (exact) mass is 540 g/mol. The van der Waals surface area contributed by atoms with Crippen molar-refractivity contribution in [2.24, 2.45) is 0 Å². The summed E-state index contributed by atoms with van der Waals surface area (Å²) in [6.45, 7) is 1.45. The number of benzene rings is 4. The number of rotatable bonds is 12. The predicted molar refractivity (Wildman–Crippen MR) is 152 cm³/mol. The van der Waals surface area contributed by atoms with Crippen molar-refractivity contribution >= 4 is 10.8 Å². The second-order valence-electron chi connectivity index (χ2n) is 9.26. The molecule has 5 rings (SSSR count). The standard InChI is InChI=1S/C33H32O5S/c34-39(29-19-11-4-12-20-29)31-25-36-30(24-35-21-26-13-5-1-6-14-26)32(37-22-27-15-7-2-8-16-27)33(31)38-23-28-17-9-3-10-18-28/h1-20,25,30,32-33H,21-24H2/t30-,32+,33-,39+/m1/s1. The van der Waals surface area contributed by atoms with Crippen LogP contribution in [0.15, 0.2) is 137 Å². The van der Waals surface area contributed by atoms with Gasteiger partial charge < -0.3 is 18.9 Å². The van der Waals surface area contributed by atoms with Crippen molar-refractivity contribution in [1.82, 2.24) is 0 Å². The van der Waals surface area contributed by atoms with Crippen molar-refractivity contribution in [3.8, 4) is 0 Å². The van der Waals surface area contributed by atoms with Crippen molar-refractivity contribution in [2.75, 3.05) is 6.61 Å². The topological polar surface area (TPSA) is 54.0 Å². The lowest BCUT2D eigenvalue weighted by Crippen LogP contribution is -2.48. The lowest BCUT2D eigenvalue weighted by atomic mass is 10.1. The minimum absolute atomic E-state index is 0.293. The lowest BCUT2D eigenvalue weighted by molar-refractivity contribution is -0.149. The highest BCUT2D eigenvalue weighted by molar-refractivity contribution is 7.89. The molecule has 39 heavy (non-hydrogen) atoms. The zero-order valence-corrected chi connectivity index (χ0v) is 22.5. The summed E-state index contributed by atoms with van der Waals surface area (Å²) in [5.41, 5.74) is 3.13. The van der Waals surface area contributed by atoms with Crippen LogP contribution in [-0.4, -0.2) is 29.1 Å². The van der Waals surface area contributed by atoms with Crippen LogP contribution in [0.5, 0.6) is 0 Å².